The molecule has 24 heavy (non-hydrogen) atoms. The molecule has 0 spiro atoms. The topological polar surface area (TPSA) is 42.2 Å². The zero-order chi connectivity index (χ0) is 17.1. The summed E-state index contributed by atoms with van der Waals surface area (Å²) in [4.78, 5) is 12.4. The fourth-order valence-electron chi connectivity index (χ4n) is 2.37. The summed E-state index contributed by atoms with van der Waals surface area (Å²) in [5.74, 6) is 0.520. The number of hydrogen-bond acceptors (Lipinski definition) is 2. The van der Waals surface area contributed by atoms with Gasteiger partial charge in [0.15, 0.2) is 5.76 Å². The maximum absolute atomic E-state index is 12.4. The van der Waals surface area contributed by atoms with Crippen LogP contribution in [0.15, 0.2) is 65.1 Å². The Morgan fingerprint density at radius 1 is 1.00 bits per heavy atom. The van der Waals surface area contributed by atoms with E-state index in [2.05, 4.69) is 5.32 Å². The van der Waals surface area contributed by atoms with Crippen molar-refractivity contribution in [1.82, 2.24) is 5.32 Å². The minimum atomic E-state index is -0.282. The van der Waals surface area contributed by atoms with E-state index < -0.39 is 0 Å². The van der Waals surface area contributed by atoms with Gasteiger partial charge < -0.3 is 9.73 Å². The molecule has 1 N–H and O–H groups in total. The van der Waals surface area contributed by atoms with E-state index >= 15 is 0 Å². The standard InChI is InChI=1S/C19H15Cl2NO2/c1-12(13-6-8-14(20)9-7-13)22-19(23)18-11-10-17(24-18)15-4-2-3-5-16(15)21/h2-12H,1H3,(H,22,23). The monoisotopic (exact) mass is 359 g/mol. The van der Waals surface area contributed by atoms with Crippen molar-refractivity contribution in [2.45, 2.75) is 13.0 Å². The Kier molecular flexibility index (Phi) is 4.93. The molecule has 0 aliphatic rings. The van der Waals surface area contributed by atoms with Gasteiger partial charge in [-0.15, -0.1) is 0 Å². The highest BCUT2D eigenvalue weighted by Crippen LogP contribution is 2.29. The number of amides is 1. The van der Waals surface area contributed by atoms with Gasteiger partial charge in [0.25, 0.3) is 5.91 Å². The minimum Gasteiger partial charge on any atom is -0.451 e. The van der Waals surface area contributed by atoms with Crippen molar-refractivity contribution in [2.75, 3.05) is 0 Å². The first-order valence-corrected chi connectivity index (χ1v) is 8.21. The smallest absolute Gasteiger partial charge is 0.287 e. The molecule has 2 aromatic carbocycles. The van der Waals surface area contributed by atoms with Gasteiger partial charge in [0, 0.05) is 10.6 Å². The Morgan fingerprint density at radius 2 is 1.71 bits per heavy atom. The van der Waals surface area contributed by atoms with Crippen LogP contribution in [0, 0.1) is 0 Å². The highest BCUT2D eigenvalue weighted by Gasteiger charge is 2.16. The molecule has 3 aromatic rings. The molecule has 1 unspecified atom stereocenters. The highest BCUT2D eigenvalue weighted by atomic mass is 35.5. The van der Waals surface area contributed by atoms with Crippen molar-refractivity contribution >= 4 is 29.1 Å². The summed E-state index contributed by atoms with van der Waals surface area (Å²) in [5, 5.41) is 4.14. The predicted octanol–water partition coefficient (Wildman–Crippen LogP) is 5.74. The molecule has 0 aliphatic carbocycles. The number of carbonyl (C=O) groups excluding carboxylic acids is 1. The van der Waals surface area contributed by atoms with E-state index in [9.17, 15) is 4.79 Å². The van der Waals surface area contributed by atoms with Crippen LogP contribution >= 0.6 is 23.2 Å². The van der Waals surface area contributed by atoms with Crippen LogP contribution < -0.4 is 5.32 Å². The molecule has 1 atom stereocenters. The van der Waals surface area contributed by atoms with Crippen LogP contribution in [0.4, 0.5) is 0 Å². The first kappa shape index (κ1) is 16.6. The molecule has 1 heterocycles. The molecular weight excluding hydrogens is 345 g/mol. The maximum atomic E-state index is 12.4. The van der Waals surface area contributed by atoms with Crippen LogP contribution in [0.25, 0.3) is 11.3 Å². The van der Waals surface area contributed by atoms with Crippen molar-refractivity contribution in [3.8, 4) is 11.3 Å². The van der Waals surface area contributed by atoms with E-state index in [1.807, 2.05) is 37.3 Å². The lowest BCUT2D eigenvalue weighted by Gasteiger charge is -2.13. The number of hydrogen-bond donors (Lipinski definition) is 1. The number of furan rings is 1. The van der Waals surface area contributed by atoms with Crippen LogP contribution in [0.1, 0.15) is 29.1 Å². The van der Waals surface area contributed by atoms with Crippen LogP contribution in [-0.2, 0) is 0 Å². The van der Waals surface area contributed by atoms with Gasteiger partial charge in [0.05, 0.1) is 11.1 Å². The van der Waals surface area contributed by atoms with Gasteiger partial charge in [-0.05, 0) is 48.9 Å². The van der Waals surface area contributed by atoms with E-state index in [1.165, 1.54) is 0 Å². The average Bonchev–Trinajstić information content (AvgIpc) is 3.05. The summed E-state index contributed by atoms with van der Waals surface area (Å²) in [6, 6.07) is 17.9. The Labute approximate surface area is 150 Å². The molecule has 0 bridgehead atoms. The predicted molar refractivity (Wildman–Crippen MR) is 96.5 cm³/mol. The summed E-state index contributed by atoms with van der Waals surface area (Å²) in [6.45, 7) is 1.90. The van der Waals surface area contributed by atoms with Crippen LogP contribution in [0.2, 0.25) is 10.0 Å². The van der Waals surface area contributed by atoms with E-state index in [1.54, 1.807) is 30.3 Å². The molecule has 3 nitrogen and oxygen atoms in total. The Morgan fingerprint density at radius 3 is 2.42 bits per heavy atom. The lowest BCUT2D eigenvalue weighted by Crippen LogP contribution is -2.26. The number of carbonyl (C=O) groups is 1. The second-order valence-electron chi connectivity index (χ2n) is 5.39. The fraction of sp³-hybridized carbons (Fsp3) is 0.105. The molecule has 1 amide bonds. The van der Waals surface area contributed by atoms with Crippen molar-refractivity contribution in [1.29, 1.82) is 0 Å². The molecular formula is C19H15Cl2NO2. The fourth-order valence-corrected chi connectivity index (χ4v) is 2.72. The summed E-state index contributed by atoms with van der Waals surface area (Å²) >= 11 is 12.0. The van der Waals surface area contributed by atoms with Gasteiger partial charge in [0.1, 0.15) is 5.76 Å². The Bertz CT molecular complexity index is 856. The van der Waals surface area contributed by atoms with Gasteiger partial charge in [0.2, 0.25) is 0 Å². The second-order valence-corrected chi connectivity index (χ2v) is 6.23. The molecule has 0 saturated heterocycles. The van der Waals surface area contributed by atoms with E-state index in [0.29, 0.717) is 15.8 Å². The van der Waals surface area contributed by atoms with Crippen molar-refractivity contribution < 1.29 is 9.21 Å². The third kappa shape index (κ3) is 3.64. The second kappa shape index (κ2) is 7.12. The van der Waals surface area contributed by atoms with Gasteiger partial charge in [-0.25, -0.2) is 0 Å². The molecule has 122 valence electrons. The summed E-state index contributed by atoms with van der Waals surface area (Å²) in [5.41, 5.74) is 1.72. The average molecular weight is 360 g/mol. The quantitative estimate of drug-likeness (QED) is 0.644. The van der Waals surface area contributed by atoms with E-state index in [4.69, 9.17) is 27.6 Å². The third-order valence-electron chi connectivity index (χ3n) is 3.69. The van der Waals surface area contributed by atoms with Crippen molar-refractivity contribution in [2.24, 2.45) is 0 Å². The molecule has 3 rings (SSSR count). The summed E-state index contributed by atoms with van der Waals surface area (Å²) < 4.78 is 5.65. The van der Waals surface area contributed by atoms with Gasteiger partial charge >= 0.3 is 0 Å². The lowest BCUT2D eigenvalue weighted by atomic mass is 10.1. The normalized spacial score (nSPS) is 12.0. The number of halogens is 2. The van der Waals surface area contributed by atoms with Gasteiger partial charge in [-0.2, -0.15) is 0 Å². The summed E-state index contributed by atoms with van der Waals surface area (Å²) in [6.07, 6.45) is 0. The number of benzene rings is 2. The Hall–Kier alpha value is -2.23. The van der Waals surface area contributed by atoms with Crippen molar-refractivity contribution in [3.05, 3.63) is 82.0 Å². The Balaban J connectivity index is 1.74. The zero-order valence-electron chi connectivity index (χ0n) is 12.9. The maximum Gasteiger partial charge on any atom is 0.287 e. The minimum absolute atomic E-state index is 0.163. The van der Waals surface area contributed by atoms with E-state index in [-0.39, 0.29) is 17.7 Å². The molecule has 0 radical (unpaired) electrons. The first-order chi connectivity index (χ1) is 11.5. The van der Waals surface area contributed by atoms with Crippen molar-refractivity contribution in [3.63, 3.8) is 0 Å². The number of rotatable bonds is 4. The third-order valence-corrected chi connectivity index (χ3v) is 4.27. The van der Waals surface area contributed by atoms with E-state index in [0.717, 1.165) is 11.1 Å². The van der Waals surface area contributed by atoms with Crippen LogP contribution in [0.3, 0.4) is 0 Å². The number of nitrogens with one attached hydrogen (secondary N) is 1. The van der Waals surface area contributed by atoms with Crippen LogP contribution in [-0.4, -0.2) is 5.91 Å². The SMILES string of the molecule is CC(NC(=O)c1ccc(-c2ccccc2Cl)o1)c1ccc(Cl)cc1. The van der Waals surface area contributed by atoms with Gasteiger partial charge in [-0.3, -0.25) is 4.79 Å². The highest BCUT2D eigenvalue weighted by molar-refractivity contribution is 6.33. The first-order valence-electron chi connectivity index (χ1n) is 7.45. The molecule has 5 heteroatoms. The molecule has 1 aromatic heterocycles. The zero-order valence-corrected chi connectivity index (χ0v) is 14.4. The molecule has 0 aliphatic heterocycles. The lowest BCUT2D eigenvalue weighted by molar-refractivity contribution is 0.0912. The summed E-state index contributed by atoms with van der Waals surface area (Å²) in [7, 11) is 0. The molecule has 0 saturated carbocycles. The van der Waals surface area contributed by atoms with Gasteiger partial charge in [-0.1, -0.05) is 47.5 Å². The van der Waals surface area contributed by atoms with Crippen LogP contribution in [0.5, 0.6) is 0 Å². The molecule has 0 fully saturated rings. The largest absolute Gasteiger partial charge is 0.451 e.